The van der Waals surface area contributed by atoms with E-state index in [-0.39, 0.29) is 28.4 Å². The molecule has 6 nitrogen and oxygen atoms in total. The Morgan fingerprint density at radius 1 is 1.18 bits per heavy atom. The predicted octanol–water partition coefficient (Wildman–Crippen LogP) is 3.65. The molecule has 152 valence electrons. The summed E-state index contributed by atoms with van der Waals surface area (Å²) in [5.41, 5.74) is 1.27. The van der Waals surface area contributed by atoms with Gasteiger partial charge in [0.25, 0.3) is 0 Å². The molecule has 2 aromatic rings. The Morgan fingerprint density at radius 2 is 1.82 bits per heavy atom. The van der Waals surface area contributed by atoms with Gasteiger partial charge >= 0.3 is 0 Å². The van der Waals surface area contributed by atoms with E-state index in [1.54, 1.807) is 19.1 Å². The highest BCUT2D eigenvalue weighted by Crippen LogP contribution is 2.33. The first-order valence-electron chi connectivity index (χ1n) is 8.48. The zero-order valence-electron chi connectivity index (χ0n) is 15.8. The van der Waals surface area contributed by atoms with Crippen molar-refractivity contribution in [3.63, 3.8) is 0 Å². The third kappa shape index (κ3) is 6.29. The zero-order valence-corrected chi connectivity index (χ0v) is 18.1. The SMILES string of the molecule is Cc1ccc(OCC(C)NC(=O)CN(c2cccc(Cl)c2Cl)S(C)(=O)=O)cc1. The van der Waals surface area contributed by atoms with Crippen LogP contribution in [-0.2, 0) is 14.8 Å². The van der Waals surface area contributed by atoms with Gasteiger partial charge in [-0.3, -0.25) is 9.10 Å². The Labute approximate surface area is 175 Å². The molecule has 2 aromatic carbocycles. The normalized spacial score (nSPS) is 12.3. The standard InChI is InChI=1S/C19H22Cl2N2O4S/c1-13-7-9-15(10-8-13)27-12-14(2)22-18(24)11-23(28(3,25)26)17-6-4-5-16(20)19(17)21/h4-10,14H,11-12H2,1-3H3,(H,22,24). The van der Waals surface area contributed by atoms with Crippen LogP contribution < -0.4 is 14.4 Å². The van der Waals surface area contributed by atoms with E-state index < -0.39 is 22.5 Å². The molecule has 0 bridgehead atoms. The second-order valence-electron chi connectivity index (χ2n) is 6.44. The topological polar surface area (TPSA) is 75.7 Å². The summed E-state index contributed by atoms with van der Waals surface area (Å²) >= 11 is 12.1. The lowest BCUT2D eigenvalue weighted by molar-refractivity contribution is -0.120. The first-order chi connectivity index (χ1) is 13.1. The number of nitrogens with zero attached hydrogens (tertiary/aromatic N) is 1. The van der Waals surface area contributed by atoms with Crippen molar-refractivity contribution in [1.82, 2.24) is 5.32 Å². The molecule has 9 heteroatoms. The molecule has 0 aliphatic heterocycles. The molecule has 28 heavy (non-hydrogen) atoms. The largest absolute Gasteiger partial charge is 0.491 e. The van der Waals surface area contributed by atoms with Crippen molar-refractivity contribution in [3.8, 4) is 5.75 Å². The van der Waals surface area contributed by atoms with Gasteiger partial charge in [0.2, 0.25) is 15.9 Å². The van der Waals surface area contributed by atoms with E-state index in [1.807, 2.05) is 31.2 Å². The summed E-state index contributed by atoms with van der Waals surface area (Å²) in [6.07, 6.45) is 1.00. The molecule has 0 saturated heterocycles. The first-order valence-corrected chi connectivity index (χ1v) is 11.1. The van der Waals surface area contributed by atoms with Crippen molar-refractivity contribution in [3.05, 3.63) is 58.1 Å². The van der Waals surface area contributed by atoms with Crippen LogP contribution in [0.15, 0.2) is 42.5 Å². The average molecular weight is 445 g/mol. The molecular weight excluding hydrogens is 423 g/mol. The van der Waals surface area contributed by atoms with Gasteiger partial charge in [-0.05, 0) is 38.1 Å². The van der Waals surface area contributed by atoms with Gasteiger partial charge in [-0.2, -0.15) is 0 Å². The number of halogens is 2. The predicted molar refractivity (Wildman–Crippen MR) is 113 cm³/mol. The Hall–Kier alpha value is -1.96. The number of rotatable bonds is 8. The highest BCUT2D eigenvalue weighted by molar-refractivity contribution is 7.92. The maximum Gasteiger partial charge on any atom is 0.241 e. The molecule has 0 aromatic heterocycles. The van der Waals surface area contributed by atoms with Crippen molar-refractivity contribution in [2.75, 3.05) is 23.7 Å². The zero-order chi connectivity index (χ0) is 20.9. The number of sulfonamides is 1. The lowest BCUT2D eigenvalue weighted by Gasteiger charge is -2.24. The highest BCUT2D eigenvalue weighted by Gasteiger charge is 2.24. The molecule has 0 aliphatic carbocycles. The number of carbonyl (C=O) groups excluding carboxylic acids is 1. The number of benzene rings is 2. The van der Waals surface area contributed by atoms with Crippen LogP contribution in [0.2, 0.25) is 10.0 Å². The highest BCUT2D eigenvalue weighted by atomic mass is 35.5. The monoisotopic (exact) mass is 444 g/mol. The minimum absolute atomic E-state index is 0.0677. The van der Waals surface area contributed by atoms with Crippen LogP contribution in [0.1, 0.15) is 12.5 Å². The van der Waals surface area contributed by atoms with Gasteiger partial charge in [-0.1, -0.05) is 47.0 Å². The molecule has 1 amide bonds. The Balaban J connectivity index is 2.01. The summed E-state index contributed by atoms with van der Waals surface area (Å²) in [7, 11) is -3.75. The molecule has 1 unspecified atom stereocenters. The number of nitrogens with one attached hydrogen (secondary N) is 1. The lowest BCUT2D eigenvalue weighted by Crippen LogP contribution is -2.45. The van der Waals surface area contributed by atoms with Crippen LogP contribution in [0, 0.1) is 6.92 Å². The summed E-state index contributed by atoms with van der Waals surface area (Å²) in [4.78, 5) is 12.4. The maximum atomic E-state index is 12.4. The van der Waals surface area contributed by atoms with Crippen molar-refractivity contribution in [1.29, 1.82) is 0 Å². The van der Waals surface area contributed by atoms with E-state index in [2.05, 4.69) is 5.32 Å². The van der Waals surface area contributed by atoms with E-state index in [4.69, 9.17) is 27.9 Å². The van der Waals surface area contributed by atoms with Crippen LogP contribution in [0.4, 0.5) is 5.69 Å². The number of carbonyl (C=O) groups is 1. The van der Waals surface area contributed by atoms with E-state index in [9.17, 15) is 13.2 Å². The number of hydrogen-bond donors (Lipinski definition) is 1. The lowest BCUT2D eigenvalue weighted by atomic mass is 10.2. The number of hydrogen-bond acceptors (Lipinski definition) is 4. The van der Waals surface area contributed by atoms with Gasteiger partial charge in [-0.15, -0.1) is 0 Å². The van der Waals surface area contributed by atoms with Gasteiger partial charge in [-0.25, -0.2) is 8.42 Å². The maximum absolute atomic E-state index is 12.4. The van der Waals surface area contributed by atoms with Crippen LogP contribution in [-0.4, -0.2) is 39.8 Å². The molecule has 0 heterocycles. The van der Waals surface area contributed by atoms with E-state index in [0.29, 0.717) is 5.75 Å². The van der Waals surface area contributed by atoms with Gasteiger partial charge in [0.05, 0.1) is 28.0 Å². The number of anilines is 1. The summed E-state index contributed by atoms with van der Waals surface area (Å²) in [5.74, 6) is 0.205. The summed E-state index contributed by atoms with van der Waals surface area (Å²) in [6.45, 7) is 3.56. The Morgan fingerprint density at radius 3 is 2.43 bits per heavy atom. The van der Waals surface area contributed by atoms with Gasteiger partial charge in [0.1, 0.15) is 18.9 Å². The average Bonchev–Trinajstić information content (AvgIpc) is 2.61. The minimum atomic E-state index is -3.75. The smallest absolute Gasteiger partial charge is 0.241 e. The van der Waals surface area contributed by atoms with Gasteiger partial charge in [0.15, 0.2) is 0 Å². The molecule has 1 N–H and O–H groups in total. The molecule has 0 spiro atoms. The van der Waals surface area contributed by atoms with E-state index >= 15 is 0 Å². The molecule has 0 radical (unpaired) electrons. The minimum Gasteiger partial charge on any atom is -0.491 e. The second-order valence-corrected chi connectivity index (χ2v) is 9.13. The molecule has 0 saturated carbocycles. The second kappa shape index (κ2) is 9.49. The quantitative estimate of drug-likeness (QED) is 0.673. The molecule has 1 atom stereocenters. The third-order valence-corrected chi connectivity index (χ3v) is 5.75. The summed E-state index contributed by atoms with van der Waals surface area (Å²) in [6, 6.07) is 11.8. The molecule has 0 aliphatic rings. The summed E-state index contributed by atoms with van der Waals surface area (Å²) in [5, 5.41) is 2.99. The third-order valence-electron chi connectivity index (χ3n) is 3.82. The van der Waals surface area contributed by atoms with Crippen LogP contribution in [0.3, 0.4) is 0 Å². The number of ether oxygens (including phenoxy) is 1. The van der Waals surface area contributed by atoms with Crippen LogP contribution >= 0.6 is 23.2 Å². The van der Waals surface area contributed by atoms with Gasteiger partial charge < -0.3 is 10.1 Å². The first kappa shape index (κ1) is 22.3. The van der Waals surface area contributed by atoms with Crippen molar-refractivity contribution < 1.29 is 17.9 Å². The molecule has 0 fully saturated rings. The fourth-order valence-corrected chi connectivity index (χ4v) is 3.72. The molecular formula is C19H22Cl2N2O4S. The van der Waals surface area contributed by atoms with Gasteiger partial charge in [0, 0.05) is 0 Å². The summed E-state index contributed by atoms with van der Waals surface area (Å²) < 4.78 is 30.9. The van der Waals surface area contributed by atoms with Crippen LogP contribution in [0.5, 0.6) is 5.75 Å². The van der Waals surface area contributed by atoms with Crippen molar-refractivity contribution in [2.24, 2.45) is 0 Å². The Bertz CT molecular complexity index is 933. The van der Waals surface area contributed by atoms with E-state index in [0.717, 1.165) is 16.1 Å². The van der Waals surface area contributed by atoms with Crippen molar-refractivity contribution >= 4 is 44.8 Å². The molecule has 2 rings (SSSR count). The van der Waals surface area contributed by atoms with E-state index in [1.165, 1.54) is 6.07 Å². The fourth-order valence-electron chi connectivity index (χ4n) is 2.41. The Kier molecular flexibility index (Phi) is 7.57. The van der Waals surface area contributed by atoms with Crippen molar-refractivity contribution in [2.45, 2.75) is 19.9 Å². The fraction of sp³-hybridized carbons (Fsp3) is 0.316. The van der Waals surface area contributed by atoms with Crippen LogP contribution in [0.25, 0.3) is 0 Å². The number of aryl methyl sites for hydroxylation is 1. The number of amides is 1.